The van der Waals surface area contributed by atoms with Gasteiger partial charge in [-0.2, -0.15) is 0 Å². The van der Waals surface area contributed by atoms with Gasteiger partial charge >= 0.3 is 0 Å². The number of aromatic nitrogens is 2. The molecule has 0 fully saturated rings. The maximum Gasteiger partial charge on any atom is 0.270 e. The molecule has 0 atom stereocenters. The second-order valence-corrected chi connectivity index (χ2v) is 7.43. The van der Waals surface area contributed by atoms with E-state index >= 15 is 0 Å². The molecule has 3 aromatic heterocycles. The normalized spacial score (nSPS) is 10.9. The van der Waals surface area contributed by atoms with Crippen molar-refractivity contribution in [3.8, 4) is 11.5 Å². The van der Waals surface area contributed by atoms with Gasteiger partial charge in [0.2, 0.25) is 0 Å². The molecule has 0 bridgehead atoms. The van der Waals surface area contributed by atoms with Crippen molar-refractivity contribution in [3.63, 3.8) is 0 Å². The fourth-order valence-electron chi connectivity index (χ4n) is 3.76. The molecule has 5 aromatic rings. The van der Waals surface area contributed by atoms with E-state index in [1.54, 1.807) is 67.7 Å². The SMILES string of the molecule is Cn1c(=O)cc(C(=O)NNC(=O)c2cc(-c3ccco3)nc3ccccc23)c2ccccc21. The fraction of sp³-hybridized carbons (Fsp3) is 0.0400. The number of carbonyl (C=O) groups is 2. The Hall–Kier alpha value is -4.72. The van der Waals surface area contributed by atoms with Gasteiger partial charge in [0.15, 0.2) is 5.76 Å². The second kappa shape index (κ2) is 8.08. The predicted molar refractivity (Wildman–Crippen MR) is 124 cm³/mol. The topological polar surface area (TPSA) is 106 Å². The number of furan rings is 1. The summed E-state index contributed by atoms with van der Waals surface area (Å²) in [6.45, 7) is 0. The first-order valence-electron chi connectivity index (χ1n) is 10.2. The number of rotatable bonds is 3. The molecule has 0 aliphatic carbocycles. The molecule has 2 N–H and O–H groups in total. The lowest BCUT2D eigenvalue weighted by atomic mass is 10.1. The zero-order chi connectivity index (χ0) is 22.9. The van der Waals surface area contributed by atoms with Crippen molar-refractivity contribution in [2.75, 3.05) is 0 Å². The quantitative estimate of drug-likeness (QED) is 0.420. The molecular formula is C25H18N4O4. The van der Waals surface area contributed by atoms with Crippen LogP contribution in [0, 0.1) is 0 Å². The van der Waals surface area contributed by atoms with Crippen molar-refractivity contribution in [1.82, 2.24) is 20.4 Å². The van der Waals surface area contributed by atoms with Gasteiger partial charge in [-0.3, -0.25) is 25.2 Å². The van der Waals surface area contributed by atoms with Gasteiger partial charge in [-0.05, 0) is 30.3 Å². The summed E-state index contributed by atoms with van der Waals surface area (Å²) in [7, 11) is 1.64. The molecule has 0 saturated heterocycles. The number of fused-ring (bicyclic) bond motifs is 2. The van der Waals surface area contributed by atoms with Crippen LogP contribution in [0.5, 0.6) is 0 Å². The number of nitrogens with one attached hydrogen (secondary N) is 2. The number of hydrogen-bond acceptors (Lipinski definition) is 5. The van der Waals surface area contributed by atoms with Crippen LogP contribution in [-0.2, 0) is 7.05 Å². The Morgan fingerprint density at radius 3 is 2.24 bits per heavy atom. The highest BCUT2D eigenvalue weighted by Gasteiger charge is 2.18. The van der Waals surface area contributed by atoms with Crippen LogP contribution >= 0.6 is 0 Å². The number of carbonyl (C=O) groups excluding carboxylic acids is 2. The van der Waals surface area contributed by atoms with E-state index in [1.807, 2.05) is 6.07 Å². The van der Waals surface area contributed by atoms with E-state index in [1.165, 1.54) is 16.9 Å². The Labute approximate surface area is 187 Å². The fourth-order valence-corrected chi connectivity index (χ4v) is 3.76. The zero-order valence-electron chi connectivity index (χ0n) is 17.5. The Morgan fingerprint density at radius 1 is 0.848 bits per heavy atom. The summed E-state index contributed by atoms with van der Waals surface area (Å²) in [6, 6.07) is 20.6. The van der Waals surface area contributed by atoms with Gasteiger partial charge in [0.25, 0.3) is 17.4 Å². The molecule has 2 amide bonds. The third kappa shape index (κ3) is 3.63. The van der Waals surface area contributed by atoms with Gasteiger partial charge in [-0.1, -0.05) is 36.4 Å². The van der Waals surface area contributed by atoms with Gasteiger partial charge in [-0.25, -0.2) is 4.98 Å². The van der Waals surface area contributed by atoms with Crippen molar-refractivity contribution in [1.29, 1.82) is 0 Å². The van der Waals surface area contributed by atoms with Crippen LogP contribution in [0.1, 0.15) is 20.7 Å². The number of hydrazine groups is 1. The molecule has 8 nitrogen and oxygen atoms in total. The highest BCUT2D eigenvalue weighted by atomic mass is 16.3. The van der Waals surface area contributed by atoms with E-state index in [0.717, 1.165) is 0 Å². The van der Waals surface area contributed by atoms with Crippen LogP contribution in [0.25, 0.3) is 33.3 Å². The average molecular weight is 438 g/mol. The van der Waals surface area contributed by atoms with Crippen molar-refractivity contribution in [2.24, 2.45) is 7.05 Å². The number of pyridine rings is 2. The van der Waals surface area contributed by atoms with Crippen molar-refractivity contribution >= 4 is 33.6 Å². The molecular weight excluding hydrogens is 420 g/mol. The van der Waals surface area contributed by atoms with Crippen LogP contribution in [-0.4, -0.2) is 21.4 Å². The van der Waals surface area contributed by atoms with E-state index in [-0.39, 0.29) is 11.1 Å². The van der Waals surface area contributed by atoms with Crippen LogP contribution in [0.4, 0.5) is 0 Å². The molecule has 3 heterocycles. The Balaban J connectivity index is 1.47. The number of para-hydroxylation sites is 2. The van der Waals surface area contributed by atoms with E-state index in [4.69, 9.17) is 4.42 Å². The van der Waals surface area contributed by atoms with Gasteiger partial charge < -0.3 is 8.98 Å². The maximum atomic E-state index is 13.1. The number of benzene rings is 2. The lowest BCUT2D eigenvalue weighted by Crippen LogP contribution is -2.42. The van der Waals surface area contributed by atoms with Gasteiger partial charge in [0.1, 0.15) is 5.69 Å². The van der Waals surface area contributed by atoms with Crippen molar-refractivity contribution < 1.29 is 14.0 Å². The van der Waals surface area contributed by atoms with Crippen LogP contribution in [0.2, 0.25) is 0 Å². The molecule has 0 saturated carbocycles. The average Bonchev–Trinajstić information content (AvgIpc) is 3.39. The molecule has 0 unspecified atom stereocenters. The third-order valence-corrected chi connectivity index (χ3v) is 5.42. The first-order valence-corrected chi connectivity index (χ1v) is 10.2. The van der Waals surface area contributed by atoms with E-state index in [0.29, 0.717) is 38.8 Å². The highest BCUT2D eigenvalue weighted by Crippen LogP contribution is 2.25. The number of nitrogens with zero attached hydrogens (tertiary/aromatic N) is 2. The summed E-state index contributed by atoms with van der Waals surface area (Å²) in [5.74, 6) is -0.602. The highest BCUT2D eigenvalue weighted by molar-refractivity contribution is 6.10. The minimum Gasteiger partial charge on any atom is -0.463 e. The first kappa shape index (κ1) is 20.2. The monoisotopic (exact) mass is 438 g/mol. The summed E-state index contributed by atoms with van der Waals surface area (Å²) in [5.41, 5.74) is 6.77. The number of hydrogen-bond donors (Lipinski definition) is 2. The maximum absolute atomic E-state index is 13.1. The van der Waals surface area contributed by atoms with Crippen molar-refractivity contribution in [3.05, 3.63) is 101 Å². The zero-order valence-corrected chi connectivity index (χ0v) is 17.5. The summed E-state index contributed by atoms with van der Waals surface area (Å²) in [5, 5.41) is 1.22. The summed E-state index contributed by atoms with van der Waals surface area (Å²) in [4.78, 5) is 42.8. The molecule has 0 spiro atoms. The molecule has 0 aliphatic heterocycles. The summed E-state index contributed by atoms with van der Waals surface area (Å²) >= 11 is 0. The third-order valence-electron chi connectivity index (χ3n) is 5.42. The van der Waals surface area contributed by atoms with E-state index < -0.39 is 11.8 Å². The minimum atomic E-state index is -0.595. The molecule has 2 aromatic carbocycles. The van der Waals surface area contributed by atoms with E-state index in [2.05, 4.69) is 15.8 Å². The molecule has 0 radical (unpaired) electrons. The minimum absolute atomic E-state index is 0.171. The van der Waals surface area contributed by atoms with Gasteiger partial charge in [-0.15, -0.1) is 0 Å². The number of aryl methyl sites for hydroxylation is 1. The Morgan fingerprint density at radius 2 is 1.52 bits per heavy atom. The predicted octanol–water partition coefficient (Wildman–Crippen LogP) is 3.42. The van der Waals surface area contributed by atoms with Crippen LogP contribution in [0.15, 0.2) is 88.3 Å². The summed E-state index contributed by atoms with van der Waals surface area (Å²) < 4.78 is 6.89. The molecule has 0 aliphatic rings. The van der Waals surface area contributed by atoms with Gasteiger partial charge in [0, 0.05) is 23.9 Å². The molecule has 5 rings (SSSR count). The Bertz CT molecular complexity index is 1590. The summed E-state index contributed by atoms with van der Waals surface area (Å²) in [6.07, 6.45) is 1.53. The largest absolute Gasteiger partial charge is 0.463 e. The standard InChI is InChI=1S/C25H18N4O4/c1-29-21-10-5-3-8-16(21)18(14-23(29)30)25(32)28-27-24(31)17-13-20(22-11-6-12-33-22)26-19-9-4-2-7-15(17)19/h2-14H,1H3,(H,27,31)(H,28,32). The Kier molecular flexibility index (Phi) is 4.95. The lowest BCUT2D eigenvalue weighted by molar-refractivity contribution is 0.0848. The van der Waals surface area contributed by atoms with E-state index in [9.17, 15) is 14.4 Å². The lowest BCUT2D eigenvalue weighted by Gasteiger charge is -2.12. The molecule has 33 heavy (non-hydrogen) atoms. The smallest absolute Gasteiger partial charge is 0.270 e. The van der Waals surface area contributed by atoms with Crippen LogP contribution in [0.3, 0.4) is 0 Å². The second-order valence-electron chi connectivity index (χ2n) is 7.43. The molecule has 162 valence electrons. The molecule has 8 heteroatoms. The van der Waals surface area contributed by atoms with Crippen molar-refractivity contribution in [2.45, 2.75) is 0 Å². The van der Waals surface area contributed by atoms with Gasteiger partial charge in [0.05, 0.1) is 28.4 Å². The first-order chi connectivity index (χ1) is 16.0. The number of amides is 2. The van der Waals surface area contributed by atoms with Crippen LogP contribution < -0.4 is 16.4 Å².